The fourth-order valence-electron chi connectivity index (χ4n) is 2.48. The van der Waals surface area contributed by atoms with E-state index in [1.54, 1.807) is 0 Å². The van der Waals surface area contributed by atoms with Gasteiger partial charge in [-0.1, -0.05) is 46.6 Å². The summed E-state index contributed by atoms with van der Waals surface area (Å²) >= 11 is 9.30. The molecular formula is C17H18BrClFN. The lowest BCUT2D eigenvalue weighted by molar-refractivity contribution is 0.526. The third-order valence-electron chi connectivity index (χ3n) is 3.50. The van der Waals surface area contributed by atoms with Crippen LogP contribution in [0.15, 0.2) is 40.9 Å². The van der Waals surface area contributed by atoms with Crippen molar-refractivity contribution < 1.29 is 4.39 Å². The number of hydrogen-bond acceptors (Lipinski definition) is 1. The quantitative estimate of drug-likeness (QED) is 0.738. The molecule has 0 saturated heterocycles. The van der Waals surface area contributed by atoms with Gasteiger partial charge in [0.15, 0.2) is 0 Å². The van der Waals surface area contributed by atoms with Crippen molar-refractivity contribution in [3.05, 3.63) is 68.4 Å². The second-order valence-electron chi connectivity index (χ2n) is 5.05. The normalized spacial score (nSPS) is 12.4. The molecule has 1 nitrogen and oxygen atoms in total. The number of aryl methyl sites for hydroxylation is 1. The second-order valence-corrected chi connectivity index (χ2v) is 6.40. The lowest BCUT2D eigenvalue weighted by atomic mass is 9.95. The van der Waals surface area contributed by atoms with Crippen molar-refractivity contribution in [2.24, 2.45) is 0 Å². The summed E-state index contributed by atoms with van der Waals surface area (Å²) in [5.74, 6) is -0.182. The van der Waals surface area contributed by atoms with Crippen LogP contribution in [0.5, 0.6) is 0 Å². The summed E-state index contributed by atoms with van der Waals surface area (Å²) in [6.45, 7) is 4.91. The number of likely N-dealkylation sites (N-methyl/N-ethyl adjacent to an activating group) is 1. The molecule has 1 atom stereocenters. The Morgan fingerprint density at radius 3 is 2.62 bits per heavy atom. The molecule has 0 aliphatic rings. The Morgan fingerprint density at radius 2 is 2.00 bits per heavy atom. The van der Waals surface area contributed by atoms with Crippen molar-refractivity contribution in [1.29, 1.82) is 0 Å². The Bertz CT molecular complexity index is 630. The highest BCUT2D eigenvalue weighted by atomic mass is 79.9. The number of rotatable bonds is 5. The minimum atomic E-state index is -0.182. The molecule has 0 heterocycles. The Morgan fingerprint density at radius 1 is 1.24 bits per heavy atom. The molecular weight excluding hydrogens is 353 g/mol. The Labute approximate surface area is 138 Å². The Kier molecular flexibility index (Phi) is 5.80. The lowest BCUT2D eigenvalue weighted by Gasteiger charge is -2.21. The van der Waals surface area contributed by atoms with Gasteiger partial charge in [0, 0.05) is 15.5 Å². The summed E-state index contributed by atoms with van der Waals surface area (Å²) in [5, 5.41) is 4.15. The zero-order chi connectivity index (χ0) is 15.4. The topological polar surface area (TPSA) is 12.0 Å². The number of benzene rings is 2. The molecule has 1 unspecified atom stereocenters. The summed E-state index contributed by atoms with van der Waals surface area (Å²) in [5.41, 5.74) is 2.98. The van der Waals surface area contributed by atoms with Crippen LogP contribution in [0.25, 0.3) is 0 Å². The van der Waals surface area contributed by atoms with E-state index in [0.717, 1.165) is 27.2 Å². The van der Waals surface area contributed by atoms with Gasteiger partial charge in [0.2, 0.25) is 0 Å². The lowest BCUT2D eigenvalue weighted by Crippen LogP contribution is -2.24. The highest BCUT2D eigenvalue weighted by molar-refractivity contribution is 9.10. The summed E-state index contributed by atoms with van der Waals surface area (Å²) < 4.78 is 14.8. The molecule has 1 N–H and O–H groups in total. The maximum absolute atomic E-state index is 14.1. The largest absolute Gasteiger partial charge is 0.310 e. The zero-order valence-corrected chi connectivity index (χ0v) is 14.4. The van der Waals surface area contributed by atoms with Crippen LogP contribution in [0.3, 0.4) is 0 Å². The van der Waals surface area contributed by atoms with Crippen LogP contribution < -0.4 is 5.32 Å². The van der Waals surface area contributed by atoms with E-state index in [9.17, 15) is 4.39 Å². The van der Waals surface area contributed by atoms with Gasteiger partial charge in [-0.05, 0) is 60.8 Å². The van der Waals surface area contributed by atoms with Gasteiger partial charge in [0.1, 0.15) is 5.82 Å². The van der Waals surface area contributed by atoms with Crippen LogP contribution in [0, 0.1) is 12.7 Å². The van der Waals surface area contributed by atoms with Crippen LogP contribution in [0.2, 0.25) is 5.02 Å². The summed E-state index contributed by atoms with van der Waals surface area (Å²) in [6, 6.07) is 11.1. The molecule has 0 saturated carbocycles. The first-order valence-corrected chi connectivity index (χ1v) is 8.11. The molecule has 2 aromatic rings. The third kappa shape index (κ3) is 4.29. The van der Waals surface area contributed by atoms with E-state index in [1.165, 1.54) is 6.07 Å². The van der Waals surface area contributed by atoms with Gasteiger partial charge in [-0.3, -0.25) is 0 Å². The van der Waals surface area contributed by atoms with Crippen molar-refractivity contribution in [2.45, 2.75) is 26.3 Å². The van der Waals surface area contributed by atoms with Crippen molar-refractivity contribution in [3.8, 4) is 0 Å². The number of hydrogen-bond donors (Lipinski definition) is 1. The van der Waals surface area contributed by atoms with E-state index in [4.69, 9.17) is 11.6 Å². The first-order chi connectivity index (χ1) is 10.0. The van der Waals surface area contributed by atoms with E-state index in [-0.39, 0.29) is 11.9 Å². The summed E-state index contributed by atoms with van der Waals surface area (Å²) in [4.78, 5) is 0. The Hall–Kier alpha value is -0.900. The standard InChI is InChI=1S/C17H18BrClFN/c1-3-21-17(15-7-6-14(19)8-11(15)2)9-12-4-5-13(18)10-16(12)20/h4-8,10,17,21H,3,9H2,1-2H3. The predicted octanol–water partition coefficient (Wildman–Crippen LogP) is 5.44. The van der Waals surface area contributed by atoms with E-state index in [0.29, 0.717) is 12.0 Å². The van der Waals surface area contributed by atoms with Crippen molar-refractivity contribution in [2.75, 3.05) is 6.54 Å². The van der Waals surface area contributed by atoms with Gasteiger partial charge >= 0.3 is 0 Å². The van der Waals surface area contributed by atoms with E-state index in [2.05, 4.69) is 28.2 Å². The molecule has 0 radical (unpaired) electrons. The minimum Gasteiger partial charge on any atom is -0.310 e. The van der Waals surface area contributed by atoms with E-state index < -0.39 is 0 Å². The van der Waals surface area contributed by atoms with Gasteiger partial charge in [0.05, 0.1) is 0 Å². The SMILES string of the molecule is CCNC(Cc1ccc(Br)cc1F)c1ccc(Cl)cc1C. The van der Waals surface area contributed by atoms with Crippen molar-refractivity contribution >= 4 is 27.5 Å². The van der Waals surface area contributed by atoms with E-state index >= 15 is 0 Å². The molecule has 2 aromatic carbocycles. The smallest absolute Gasteiger partial charge is 0.127 e. The highest BCUT2D eigenvalue weighted by Gasteiger charge is 2.16. The van der Waals surface area contributed by atoms with Gasteiger partial charge in [-0.2, -0.15) is 0 Å². The van der Waals surface area contributed by atoms with E-state index in [1.807, 2.05) is 37.3 Å². The molecule has 0 fully saturated rings. The van der Waals surface area contributed by atoms with Crippen molar-refractivity contribution in [3.63, 3.8) is 0 Å². The monoisotopic (exact) mass is 369 g/mol. The van der Waals surface area contributed by atoms with Crippen LogP contribution in [0.1, 0.15) is 29.7 Å². The molecule has 0 spiro atoms. The maximum atomic E-state index is 14.1. The fraction of sp³-hybridized carbons (Fsp3) is 0.294. The third-order valence-corrected chi connectivity index (χ3v) is 4.23. The fourth-order valence-corrected chi connectivity index (χ4v) is 3.04. The molecule has 0 amide bonds. The van der Waals surface area contributed by atoms with Crippen LogP contribution in [0.4, 0.5) is 4.39 Å². The molecule has 112 valence electrons. The molecule has 0 aliphatic heterocycles. The molecule has 21 heavy (non-hydrogen) atoms. The first kappa shape index (κ1) is 16.5. The molecule has 0 aromatic heterocycles. The number of nitrogens with one attached hydrogen (secondary N) is 1. The van der Waals surface area contributed by atoms with Gasteiger partial charge in [-0.25, -0.2) is 4.39 Å². The average molecular weight is 371 g/mol. The number of halogens is 3. The summed E-state index contributed by atoms with van der Waals surface area (Å²) in [7, 11) is 0. The van der Waals surface area contributed by atoms with Crippen molar-refractivity contribution in [1.82, 2.24) is 5.32 Å². The van der Waals surface area contributed by atoms with Crippen LogP contribution in [-0.2, 0) is 6.42 Å². The van der Waals surface area contributed by atoms with Crippen LogP contribution in [-0.4, -0.2) is 6.54 Å². The minimum absolute atomic E-state index is 0.0722. The summed E-state index contributed by atoms with van der Waals surface area (Å²) in [6.07, 6.45) is 0.607. The molecule has 4 heteroatoms. The molecule has 0 aliphatic carbocycles. The Balaban J connectivity index is 2.30. The van der Waals surface area contributed by atoms with Crippen LogP contribution >= 0.6 is 27.5 Å². The highest BCUT2D eigenvalue weighted by Crippen LogP contribution is 2.26. The molecule has 0 bridgehead atoms. The average Bonchev–Trinajstić information content (AvgIpc) is 2.41. The molecule has 2 rings (SSSR count). The van der Waals surface area contributed by atoms with Gasteiger partial charge < -0.3 is 5.32 Å². The van der Waals surface area contributed by atoms with Gasteiger partial charge in [-0.15, -0.1) is 0 Å². The van der Waals surface area contributed by atoms with Gasteiger partial charge in [0.25, 0.3) is 0 Å². The first-order valence-electron chi connectivity index (χ1n) is 6.94. The second kappa shape index (κ2) is 7.39. The predicted molar refractivity (Wildman–Crippen MR) is 90.4 cm³/mol. The zero-order valence-electron chi connectivity index (χ0n) is 12.1. The maximum Gasteiger partial charge on any atom is 0.127 e.